The minimum atomic E-state index is 0.280. The summed E-state index contributed by atoms with van der Waals surface area (Å²) in [6.45, 7) is 1.77. The van der Waals surface area contributed by atoms with Gasteiger partial charge in [0.2, 0.25) is 0 Å². The molecule has 0 radical (unpaired) electrons. The first-order valence-corrected chi connectivity index (χ1v) is 8.11. The number of aliphatic imine (C=N–C) groups is 1. The van der Waals surface area contributed by atoms with E-state index in [1.54, 1.807) is 38.1 Å². The van der Waals surface area contributed by atoms with Crippen LogP contribution in [0.25, 0.3) is 0 Å². The molecule has 0 fully saturated rings. The summed E-state index contributed by atoms with van der Waals surface area (Å²) in [5.41, 5.74) is 0. The van der Waals surface area contributed by atoms with Crippen molar-refractivity contribution in [1.82, 2.24) is 4.98 Å². The second-order valence-corrected chi connectivity index (χ2v) is 6.06. The van der Waals surface area contributed by atoms with Crippen LogP contribution >= 0.6 is 27.7 Å². The number of nitrogens with zero attached hydrogens (tertiary/aromatic N) is 3. The van der Waals surface area contributed by atoms with Gasteiger partial charge in [-0.05, 0) is 41.1 Å². The van der Waals surface area contributed by atoms with Crippen molar-refractivity contribution >= 4 is 45.7 Å². The molecule has 22 heavy (non-hydrogen) atoms. The van der Waals surface area contributed by atoms with Crippen molar-refractivity contribution in [3.8, 4) is 0 Å². The highest BCUT2D eigenvalue weighted by Crippen LogP contribution is 2.33. The molecule has 0 amide bonds. The standard InChI is InChI=1S/C15H15BrN4OS/c1-3-19-21-15(17-2)20-14-13(9-11(16)10-18-14)22-12-7-5-4-6-8-12/h3-10H,1-2H3,(H,17,18,20)/b19-3+. The van der Waals surface area contributed by atoms with Gasteiger partial charge >= 0.3 is 6.02 Å². The van der Waals surface area contributed by atoms with E-state index in [0.717, 1.165) is 14.3 Å². The summed E-state index contributed by atoms with van der Waals surface area (Å²) in [7, 11) is 1.62. The number of anilines is 1. The summed E-state index contributed by atoms with van der Waals surface area (Å²) < 4.78 is 0.902. The van der Waals surface area contributed by atoms with Crippen molar-refractivity contribution in [2.45, 2.75) is 16.7 Å². The molecule has 1 N–H and O–H groups in total. The van der Waals surface area contributed by atoms with Gasteiger partial charge in [0.05, 0.1) is 4.90 Å². The maximum Gasteiger partial charge on any atom is 0.320 e. The molecule has 0 aliphatic rings. The van der Waals surface area contributed by atoms with E-state index in [-0.39, 0.29) is 6.02 Å². The van der Waals surface area contributed by atoms with Gasteiger partial charge in [-0.2, -0.15) is 0 Å². The zero-order chi connectivity index (χ0) is 15.8. The van der Waals surface area contributed by atoms with Gasteiger partial charge in [-0.15, -0.1) is 0 Å². The third-order valence-corrected chi connectivity index (χ3v) is 3.94. The van der Waals surface area contributed by atoms with Gasteiger partial charge in [-0.25, -0.2) is 9.98 Å². The maximum absolute atomic E-state index is 5.13. The van der Waals surface area contributed by atoms with Gasteiger partial charge in [0.1, 0.15) is 5.82 Å². The number of benzene rings is 1. The Balaban J connectivity index is 2.24. The largest absolute Gasteiger partial charge is 0.320 e. The lowest BCUT2D eigenvalue weighted by Crippen LogP contribution is -2.15. The second-order valence-electron chi connectivity index (χ2n) is 4.02. The lowest BCUT2D eigenvalue weighted by molar-refractivity contribution is 0.328. The molecule has 114 valence electrons. The Morgan fingerprint density at radius 2 is 2.14 bits per heavy atom. The van der Waals surface area contributed by atoms with Crippen LogP contribution in [-0.2, 0) is 4.84 Å². The minimum Gasteiger partial charge on any atom is -0.318 e. The molecule has 2 aromatic rings. The summed E-state index contributed by atoms with van der Waals surface area (Å²) in [5, 5.41) is 6.75. The van der Waals surface area contributed by atoms with Gasteiger partial charge in [-0.3, -0.25) is 5.32 Å². The molecule has 7 heteroatoms. The van der Waals surface area contributed by atoms with Crippen LogP contribution in [0, 0.1) is 0 Å². The van der Waals surface area contributed by atoms with Crippen LogP contribution < -0.4 is 5.32 Å². The molecule has 0 unspecified atom stereocenters. The molecule has 0 aliphatic carbocycles. The summed E-state index contributed by atoms with van der Waals surface area (Å²) in [6, 6.07) is 12.3. The minimum absolute atomic E-state index is 0.280. The van der Waals surface area contributed by atoms with E-state index in [1.807, 2.05) is 36.4 Å². The van der Waals surface area contributed by atoms with E-state index >= 15 is 0 Å². The van der Waals surface area contributed by atoms with Crippen molar-refractivity contribution in [3.05, 3.63) is 47.1 Å². The summed E-state index contributed by atoms with van der Waals surface area (Å²) in [4.78, 5) is 15.6. The first-order valence-electron chi connectivity index (χ1n) is 6.50. The maximum atomic E-state index is 5.13. The highest BCUT2D eigenvalue weighted by Gasteiger charge is 2.10. The third-order valence-electron chi connectivity index (χ3n) is 2.46. The molecule has 1 aromatic heterocycles. The van der Waals surface area contributed by atoms with E-state index in [4.69, 9.17) is 4.84 Å². The number of rotatable bonds is 4. The van der Waals surface area contributed by atoms with Gasteiger partial charge < -0.3 is 4.84 Å². The smallest absolute Gasteiger partial charge is 0.318 e. The number of halogens is 1. The predicted molar refractivity (Wildman–Crippen MR) is 94.7 cm³/mol. The number of aromatic nitrogens is 1. The summed E-state index contributed by atoms with van der Waals surface area (Å²) in [6.07, 6.45) is 3.26. The number of hydrogen-bond donors (Lipinski definition) is 1. The van der Waals surface area contributed by atoms with Gasteiger partial charge in [0.25, 0.3) is 0 Å². The second kappa shape index (κ2) is 8.55. The van der Waals surface area contributed by atoms with Gasteiger partial charge in [-0.1, -0.05) is 35.1 Å². The molecule has 0 aliphatic heterocycles. The Morgan fingerprint density at radius 1 is 1.36 bits per heavy atom. The molecular formula is C15H15BrN4OS. The molecule has 0 bridgehead atoms. The topological polar surface area (TPSA) is 58.9 Å². The van der Waals surface area contributed by atoms with Crippen LogP contribution in [0.3, 0.4) is 0 Å². The van der Waals surface area contributed by atoms with Crippen LogP contribution in [0.5, 0.6) is 0 Å². The van der Waals surface area contributed by atoms with Gasteiger partial charge in [0, 0.05) is 28.8 Å². The average molecular weight is 379 g/mol. The highest BCUT2D eigenvalue weighted by molar-refractivity contribution is 9.10. The van der Waals surface area contributed by atoms with Gasteiger partial charge in [0.15, 0.2) is 0 Å². The van der Waals surface area contributed by atoms with Crippen molar-refractivity contribution < 1.29 is 4.84 Å². The van der Waals surface area contributed by atoms with Crippen LogP contribution in [0.2, 0.25) is 0 Å². The fourth-order valence-electron chi connectivity index (χ4n) is 1.53. The molecule has 2 rings (SSSR count). The van der Waals surface area contributed by atoms with Crippen molar-refractivity contribution in [1.29, 1.82) is 0 Å². The van der Waals surface area contributed by atoms with Crippen LogP contribution in [0.1, 0.15) is 6.92 Å². The molecule has 1 heterocycles. The fourth-order valence-corrected chi connectivity index (χ4v) is 2.95. The van der Waals surface area contributed by atoms with Crippen LogP contribution in [0.15, 0.2) is 67.0 Å². The van der Waals surface area contributed by atoms with Crippen molar-refractivity contribution in [3.63, 3.8) is 0 Å². The van der Waals surface area contributed by atoms with E-state index in [1.165, 1.54) is 0 Å². The number of oxime groups is 1. The molecule has 0 spiro atoms. The molecule has 0 saturated heterocycles. The molecule has 0 atom stereocenters. The molecule has 1 aromatic carbocycles. The monoisotopic (exact) mass is 378 g/mol. The third kappa shape index (κ3) is 4.85. The zero-order valence-electron chi connectivity index (χ0n) is 12.2. The SMILES string of the molecule is C/C=N/OC(=NC)Nc1ncc(Br)cc1Sc1ccccc1. The molecule has 0 saturated carbocycles. The predicted octanol–water partition coefficient (Wildman–Crippen LogP) is 4.42. The molecular weight excluding hydrogens is 364 g/mol. The molecule has 5 nitrogen and oxygen atoms in total. The Morgan fingerprint density at radius 3 is 2.82 bits per heavy atom. The van der Waals surface area contributed by atoms with E-state index in [0.29, 0.717) is 5.82 Å². The Hall–Kier alpha value is -1.86. The number of amidine groups is 1. The number of hydrogen-bond acceptors (Lipinski definition) is 5. The first-order chi connectivity index (χ1) is 10.7. The van der Waals surface area contributed by atoms with Crippen molar-refractivity contribution in [2.24, 2.45) is 10.1 Å². The van der Waals surface area contributed by atoms with Crippen LogP contribution in [-0.4, -0.2) is 24.3 Å². The average Bonchev–Trinajstić information content (AvgIpc) is 2.54. The fraction of sp³-hybridized carbons (Fsp3) is 0.133. The lowest BCUT2D eigenvalue weighted by Gasteiger charge is -2.11. The van der Waals surface area contributed by atoms with E-state index in [9.17, 15) is 0 Å². The highest BCUT2D eigenvalue weighted by atomic mass is 79.9. The Bertz CT molecular complexity index is 676. The van der Waals surface area contributed by atoms with E-state index < -0.39 is 0 Å². The quantitative estimate of drug-likeness (QED) is 0.486. The van der Waals surface area contributed by atoms with Crippen molar-refractivity contribution in [2.75, 3.05) is 12.4 Å². The zero-order valence-corrected chi connectivity index (χ0v) is 14.6. The Kier molecular flexibility index (Phi) is 6.42. The number of nitrogens with one attached hydrogen (secondary N) is 1. The number of pyridine rings is 1. The summed E-state index contributed by atoms with van der Waals surface area (Å²) >= 11 is 5.05. The first kappa shape index (κ1) is 16.5. The lowest BCUT2D eigenvalue weighted by atomic mass is 10.4. The van der Waals surface area contributed by atoms with E-state index in [2.05, 4.69) is 36.4 Å². The van der Waals surface area contributed by atoms with Crippen LogP contribution in [0.4, 0.5) is 5.82 Å². The summed E-state index contributed by atoms with van der Waals surface area (Å²) in [5.74, 6) is 0.656. The Labute approximate surface area is 142 Å². The normalized spacial score (nSPS) is 11.7.